The molecule has 0 aliphatic heterocycles. The average molecular weight is 440 g/mol. The van der Waals surface area contributed by atoms with Crippen molar-refractivity contribution in [3.05, 3.63) is 62.4 Å². The highest BCUT2D eigenvalue weighted by Crippen LogP contribution is 2.37. The van der Waals surface area contributed by atoms with E-state index in [0.717, 1.165) is 0 Å². The predicted octanol–water partition coefficient (Wildman–Crippen LogP) is 2.60. The maximum atomic E-state index is 12.3. The normalized spacial score (nSPS) is 10.7. The molecule has 0 unspecified atom stereocenters. The zero-order valence-corrected chi connectivity index (χ0v) is 17.5. The van der Waals surface area contributed by atoms with Crippen LogP contribution in [-0.2, 0) is 0 Å². The van der Waals surface area contributed by atoms with E-state index >= 15 is 0 Å². The first-order chi connectivity index (χ1) is 15.5. The molecule has 166 valence electrons. The summed E-state index contributed by atoms with van der Waals surface area (Å²) in [4.78, 5) is 25.7. The second-order valence-electron chi connectivity index (χ2n) is 6.21. The van der Waals surface area contributed by atoms with Gasteiger partial charge in [0.05, 0.1) is 32.0 Å². The summed E-state index contributed by atoms with van der Waals surface area (Å²) in [5, 5.41) is 23.1. The number of nitro benzene ring substituents is 1. The Kier molecular flexibility index (Phi) is 6.95. The molecule has 0 saturated carbocycles. The SMILES string of the molecule is CCOc1cc(/C=N/Nc2nnc(-c3ccc(OC)cc3)c(=O)[nH]2)cc([N+](=O)[O-])c1OC. The van der Waals surface area contributed by atoms with Crippen LogP contribution in [0.5, 0.6) is 17.2 Å². The van der Waals surface area contributed by atoms with Gasteiger partial charge < -0.3 is 14.2 Å². The standard InChI is InChI=1S/C20H20N6O6/c1-4-32-16-10-12(9-15(26(28)29)18(16)31-3)11-21-24-20-22-19(27)17(23-25-20)13-5-7-14(30-2)8-6-13/h5-11H,4H2,1-3H3,(H2,22,24,25,27)/b21-11+. The van der Waals surface area contributed by atoms with E-state index in [1.807, 2.05) is 0 Å². The molecule has 0 atom stereocenters. The van der Waals surface area contributed by atoms with E-state index in [1.54, 1.807) is 44.4 Å². The number of benzene rings is 2. The van der Waals surface area contributed by atoms with Crippen molar-refractivity contribution < 1.29 is 19.1 Å². The predicted molar refractivity (Wildman–Crippen MR) is 117 cm³/mol. The number of methoxy groups -OCH3 is 2. The molecule has 1 aromatic heterocycles. The van der Waals surface area contributed by atoms with Crippen LogP contribution in [0.4, 0.5) is 11.6 Å². The molecule has 0 bridgehead atoms. The Morgan fingerprint density at radius 3 is 2.53 bits per heavy atom. The Hall–Kier alpha value is -4.48. The van der Waals surface area contributed by atoms with Crippen molar-refractivity contribution in [2.24, 2.45) is 5.10 Å². The van der Waals surface area contributed by atoms with Gasteiger partial charge in [-0.25, -0.2) is 5.43 Å². The third kappa shape index (κ3) is 4.98. The zero-order valence-electron chi connectivity index (χ0n) is 17.5. The molecule has 0 aliphatic carbocycles. The number of nitro groups is 1. The molecule has 3 rings (SSSR count). The third-order valence-electron chi connectivity index (χ3n) is 4.20. The molecule has 0 radical (unpaired) electrons. The van der Waals surface area contributed by atoms with Gasteiger partial charge in [0, 0.05) is 17.2 Å². The van der Waals surface area contributed by atoms with E-state index in [1.165, 1.54) is 19.4 Å². The Labute approximate surface area is 182 Å². The lowest BCUT2D eigenvalue weighted by Crippen LogP contribution is -2.15. The van der Waals surface area contributed by atoms with Gasteiger partial charge in [-0.2, -0.15) is 5.10 Å². The number of aromatic amines is 1. The summed E-state index contributed by atoms with van der Waals surface area (Å²) in [5.74, 6) is 0.877. The largest absolute Gasteiger partial charge is 0.497 e. The highest BCUT2D eigenvalue weighted by atomic mass is 16.6. The third-order valence-corrected chi connectivity index (χ3v) is 4.20. The fourth-order valence-electron chi connectivity index (χ4n) is 2.78. The van der Waals surface area contributed by atoms with Crippen LogP contribution >= 0.6 is 0 Å². The van der Waals surface area contributed by atoms with Gasteiger partial charge in [-0.05, 0) is 37.3 Å². The van der Waals surface area contributed by atoms with E-state index in [2.05, 4.69) is 25.7 Å². The van der Waals surface area contributed by atoms with Crippen LogP contribution in [0.1, 0.15) is 12.5 Å². The lowest BCUT2D eigenvalue weighted by Gasteiger charge is -2.10. The summed E-state index contributed by atoms with van der Waals surface area (Å²) in [6.45, 7) is 2.04. The van der Waals surface area contributed by atoms with Crippen molar-refractivity contribution in [3.63, 3.8) is 0 Å². The van der Waals surface area contributed by atoms with Crippen LogP contribution in [0.15, 0.2) is 46.3 Å². The zero-order chi connectivity index (χ0) is 23.1. The summed E-state index contributed by atoms with van der Waals surface area (Å²) in [7, 11) is 2.87. The van der Waals surface area contributed by atoms with E-state index < -0.39 is 10.5 Å². The molecule has 2 aromatic carbocycles. The summed E-state index contributed by atoms with van der Waals surface area (Å²) in [6.07, 6.45) is 1.31. The monoisotopic (exact) mass is 440 g/mol. The van der Waals surface area contributed by atoms with Gasteiger partial charge in [-0.1, -0.05) is 0 Å². The number of rotatable bonds is 9. The molecule has 3 aromatic rings. The number of nitrogens with zero attached hydrogens (tertiary/aromatic N) is 4. The first-order valence-electron chi connectivity index (χ1n) is 9.36. The summed E-state index contributed by atoms with van der Waals surface area (Å²) < 4.78 is 15.6. The van der Waals surface area contributed by atoms with Gasteiger partial charge in [-0.15, -0.1) is 10.2 Å². The van der Waals surface area contributed by atoms with Gasteiger partial charge in [0.1, 0.15) is 5.75 Å². The minimum atomic E-state index is -0.576. The van der Waals surface area contributed by atoms with Crippen LogP contribution < -0.4 is 25.2 Å². The number of H-pyrrole nitrogens is 1. The van der Waals surface area contributed by atoms with Crippen molar-refractivity contribution in [1.82, 2.24) is 15.2 Å². The number of hydrogen-bond acceptors (Lipinski definition) is 10. The van der Waals surface area contributed by atoms with Gasteiger partial charge in [-0.3, -0.25) is 19.9 Å². The number of ether oxygens (including phenoxy) is 3. The van der Waals surface area contributed by atoms with Crippen molar-refractivity contribution in [2.45, 2.75) is 6.92 Å². The van der Waals surface area contributed by atoms with E-state index in [9.17, 15) is 14.9 Å². The molecule has 2 N–H and O–H groups in total. The second kappa shape index (κ2) is 10.0. The molecule has 12 heteroatoms. The molecular formula is C20H20N6O6. The fraction of sp³-hybridized carbons (Fsp3) is 0.200. The highest BCUT2D eigenvalue weighted by Gasteiger charge is 2.21. The van der Waals surface area contributed by atoms with Crippen LogP contribution in [0.3, 0.4) is 0 Å². The maximum absolute atomic E-state index is 12.3. The Morgan fingerprint density at radius 1 is 1.19 bits per heavy atom. The molecular weight excluding hydrogens is 420 g/mol. The fourth-order valence-corrected chi connectivity index (χ4v) is 2.78. The van der Waals surface area contributed by atoms with Crippen LogP contribution in [0.25, 0.3) is 11.3 Å². The van der Waals surface area contributed by atoms with Crippen molar-refractivity contribution in [3.8, 4) is 28.5 Å². The van der Waals surface area contributed by atoms with Crippen LogP contribution in [0.2, 0.25) is 0 Å². The quantitative estimate of drug-likeness (QED) is 0.290. The van der Waals surface area contributed by atoms with Crippen LogP contribution in [-0.4, -0.2) is 47.1 Å². The Balaban J connectivity index is 1.80. The number of nitrogens with one attached hydrogen (secondary N) is 2. The van der Waals surface area contributed by atoms with Gasteiger partial charge >= 0.3 is 5.69 Å². The van der Waals surface area contributed by atoms with E-state index in [0.29, 0.717) is 23.5 Å². The summed E-state index contributed by atoms with van der Waals surface area (Å²) >= 11 is 0. The lowest BCUT2D eigenvalue weighted by molar-refractivity contribution is -0.385. The minimum Gasteiger partial charge on any atom is -0.497 e. The number of anilines is 1. The topological polar surface area (TPSA) is 154 Å². The number of aromatic nitrogens is 3. The molecule has 0 amide bonds. The van der Waals surface area contributed by atoms with Gasteiger partial charge in [0.2, 0.25) is 11.7 Å². The van der Waals surface area contributed by atoms with Crippen molar-refractivity contribution in [1.29, 1.82) is 0 Å². The van der Waals surface area contributed by atoms with E-state index in [-0.39, 0.29) is 28.8 Å². The summed E-state index contributed by atoms with van der Waals surface area (Å²) in [5.41, 5.74) is 2.88. The Morgan fingerprint density at radius 2 is 1.94 bits per heavy atom. The molecule has 32 heavy (non-hydrogen) atoms. The van der Waals surface area contributed by atoms with Gasteiger partial charge in [0.25, 0.3) is 5.56 Å². The minimum absolute atomic E-state index is 0.00319. The Bertz CT molecular complexity index is 1190. The summed E-state index contributed by atoms with van der Waals surface area (Å²) in [6, 6.07) is 9.62. The van der Waals surface area contributed by atoms with E-state index in [4.69, 9.17) is 14.2 Å². The second-order valence-corrected chi connectivity index (χ2v) is 6.21. The van der Waals surface area contributed by atoms with Crippen molar-refractivity contribution in [2.75, 3.05) is 26.3 Å². The molecule has 12 nitrogen and oxygen atoms in total. The molecule has 0 saturated heterocycles. The average Bonchev–Trinajstić information content (AvgIpc) is 2.79. The number of hydrazone groups is 1. The first-order valence-corrected chi connectivity index (χ1v) is 9.36. The maximum Gasteiger partial charge on any atom is 0.315 e. The molecule has 1 heterocycles. The number of hydrogen-bond donors (Lipinski definition) is 2. The van der Waals surface area contributed by atoms with Gasteiger partial charge in [0.15, 0.2) is 11.4 Å². The smallest absolute Gasteiger partial charge is 0.315 e. The molecule has 0 aliphatic rings. The van der Waals surface area contributed by atoms with Crippen molar-refractivity contribution >= 4 is 17.9 Å². The molecule has 0 fully saturated rings. The van der Waals surface area contributed by atoms with Crippen LogP contribution in [0, 0.1) is 10.1 Å². The highest BCUT2D eigenvalue weighted by molar-refractivity contribution is 5.83. The first kappa shape index (κ1) is 22.2. The lowest BCUT2D eigenvalue weighted by atomic mass is 10.1. The molecule has 0 spiro atoms.